The molecule has 4 rings (SSSR count). The van der Waals surface area contributed by atoms with Gasteiger partial charge in [-0.1, -0.05) is 28.4 Å². The van der Waals surface area contributed by atoms with Crippen LogP contribution in [0.25, 0.3) is 11.4 Å². The number of carbonyl (C=O) groups excluding carboxylic acids is 1. The quantitative estimate of drug-likeness (QED) is 0.506. The molecule has 0 spiro atoms. The summed E-state index contributed by atoms with van der Waals surface area (Å²) in [7, 11) is -3.90. The molecule has 1 saturated carbocycles. The standard InChI is InChI=1S/C20H17Cl2FN4O4S/c1-10(20-25-18(26-31-20)11-2-4-12(23)5-3-11)24-19(28)14-8-17(16(22)9-15(14)21)32(29,30)27-13-6-7-13/h2-5,8-10,13,27H,6-7H2,1H3,(H,24,28). The fourth-order valence-corrected chi connectivity index (χ4v) is 5.02. The van der Waals surface area contributed by atoms with E-state index in [1.807, 2.05) is 0 Å². The van der Waals surface area contributed by atoms with Gasteiger partial charge in [-0.2, -0.15) is 4.98 Å². The zero-order valence-corrected chi connectivity index (χ0v) is 18.9. The third-order valence-corrected chi connectivity index (χ3v) is 7.01. The number of amides is 1. The van der Waals surface area contributed by atoms with E-state index in [1.54, 1.807) is 6.92 Å². The topological polar surface area (TPSA) is 114 Å². The molecular formula is C20H17Cl2FN4O4S. The average Bonchev–Trinajstić information content (AvgIpc) is 3.38. The molecule has 1 aliphatic rings. The summed E-state index contributed by atoms with van der Waals surface area (Å²) >= 11 is 12.2. The molecule has 32 heavy (non-hydrogen) atoms. The molecule has 1 amide bonds. The maximum absolute atomic E-state index is 13.1. The van der Waals surface area contributed by atoms with Crippen molar-refractivity contribution in [2.75, 3.05) is 0 Å². The van der Waals surface area contributed by atoms with E-state index in [0.717, 1.165) is 18.9 Å². The van der Waals surface area contributed by atoms with Crippen molar-refractivity contribution in [3.63, 3.8) is 0 Å². The molecule has 0 aliphatic heterocycles. The predicted octanol–water partition coefficient (Wildman–Crippen LogP) is 4.11. The number of nitrogens with zero attached hydrogens (tertiary/aromatic N) is 2. The lowest BCUT2D eigenvalue weighted by atomic mass is 10.2. The van der Waals surface area contributed by atoms with E-state index < -0.39 is 27.8 Å². The molecule has 8 nitrogen and oxygen atoms in total. The van der Waals surface area contributed by atoms with Gasteiger partial charge in [-0.05, 0) is 56.2 Å². The van der Waals surface area contributed by atoms with Crippen LogP contribution >= 0.6 is 23.2 Å². The lowest BCUT2D eigenvalue weighted by molar-refractivity contribution is 0.0932. The second kappa shape index (κ2) is 8.78. The molecule has 2 N–H and O–H groups in total. The van der Waals surface area contributed by atoms with Crippen molar-refractivity contribution >= 4 is 39.1 Å². The van der Waals surface area contributed by atoms with Crippen LogP contribution in [0.15, 0.2) is 45.8 Å². The van der Waals surface area contributed by atoms with Crippen LogP contribution in [0.1, 0.15) is 42.1 Å². The van der Waals surface area contributed by atoms with E-state index in [9.17, 15) is 17.6 Å². The first-order chi connectivity index (χ1) is 15.1. The largest absolute Gasteiger partial charge is 0.340 e. The van der Waals surface area contributed by atoms with Crippen LogP contribution in [0.4, 0.5) is 4.39 Å². The average molecular weight is 499 g/mol. The first kappa shape index (κ1) is 22.7. The van der Waals surface area contributed by atoms with Crippen LogP contribution in [0, 0.1) is 5.82 Å². The number of benzene rings is 2. The van der Waals surface area contributed by atoms with Crippen molar-refractivity contribution in [3.8, 4) is 11.4 Å². The molecule has 1 atom stereocenters. The van der Waals surface area contributed by atoms with Gasteiger partial charge >= 0.3 is 0 Å². The molecule has 3 aromatic rings. The highest BCUT2D eigenvalue weighted by Gasteiger charge is 2.30. The molecule has 1 fully saturated rings. The normalized spacial score (nSPS) is 14.9. The van der Waals surface area contributed by atoms with Gasteiger partial charge in [0, 0.05) is 11.6 Å². The van der Waals surface area contributed by atoms with E-state index in [4.69, 9.17) is 27.7 Å². The van der Waals surface area contributed by atoms with Crippen molar-refractivity contribution in [2.24, 2.45) is 0 Å². The molecule has 0 radical (unpaired) electrons. The van der Waals surface area contributed by atoms with Gasteiger partial charge in [0.2, 0.25) is 21.7 Å². The van der Waals surface area contributed by atoms with Crippen molar-refractivity contribution in [3.05, 3.63) is 63.7 Å². The fourth-order valence-electron chi connectivity index (χ4n) is 2.86. The van der Waals surface area contributed by atoms with E-state index in [1.165, 1.54) is 30.3 Å². The number of rotatable bonds is 7. The molecule has 0 saturated heterocycles. The van der Waals surface area contributed by atoms with Gasteiger partial charge in [-0.3, -0.25) is 4.79 Å². The predicted molar refractivity (Wildman–Crippen MR) is 115 cm³/mol. The minimum atomic E-state index is -3.90. The molecule has 1 heterocycles. The summed E-state index contributed by atoms with van der Waals surface area (Å²) in [5, 5.41) is 6.38. The Morgan fingerprint density at radius 3 is 2.53 bits per heavy atom. The lowest BCUT2D eigenvalue weighted by Crippen LogP contribution is -2.29. The summed E-state index contributed by atoms with van der Waals surface area (Å²) < 4.78 is 45.9. The second-order valence-corrected chi connectivity index (χ2v) is 9.81. The van der Waals surface area contributed by atoms with Gasteiger partial charge in [0.25, 0.3) is 5.91 Å². The Balaban J connectivity index is 1.53. The highest BCUT2D eigenvalue weighted by atomic mass is 35.5. The number of hydrogen-bond donors (Lipinski definition) is 2. The second-order valence-electron chi connectivity index (χ2n) is 7.32. The monoisotopic (exact) mass is 498 g/mol. The number of carbonyl (C=O) groups is 1. The van der Waals surface area contributed by atoms with Gasteiger partial charge < -0.3 is 9.84 Å². The third-order valence-electron chi connectivity index (χ3n) is 4.72. The van der Waals surface area contributed by atoms with Gasteiger partial charge in [-0.15, -0.1) is 0 Å². The molecular weight excluding hydrogens is 482 g/mol. The van der Waals surface area contributed by atoms with Crippen LogP contribution in [0.3, 0.4) is 0 Å². The van der Waals surface area contributed by atoms with Crippen LogP contribution in [0.5, 0.6) is 0 Å². The maximum atomic E-state index is 13.1. The number of hydrogen-bond acceptors (Lipinski definition) is 6. The Kier molecular flexibility index (Phi) is 6.22. The Bertz CT molecular complexity index is 1280. The molecule has 12 heteroatoms. The molecule has 1 aliphatic carbocycles. The summed E-state index contributed by atoms with van der Waals surface area (Å²) in [4.78, 5) is 16.8. The number of sulfonamides is 1. The van der Waals surface area contributed by atoms with Gasteiger partial charge in [0.05, 0.1) is 15.6 Å². The maximum Gasteiger partial charge on any atom is 0.253 e. The summed E-state index contributed by atoms with van der Waals surface area (Å²) in [6, 6.07) is 7.03. The van der Waals surface area contributed by atoms with Gasteiger partial charge in [0.1, 0.15) is 16.8 Å². The first-order valence-corrected chi connectivity index (χ1v) is 11.8. The number of nitrogens with one attached hydrogen (secondary N) is 2. The van der Waals surface area contributed by atoms with Crippen molar-refractivity contribution in [1.82, 2.24) is 20.2 Å². The van der Waals surface area contributed by atoms with E-state index >= 15 is 0 Å². The van der Waals surface area contributed by atoms with E-state index in [-0.39, 0.29) is 38.3 Å². The minimum Gasteiger partial charge on any atom is -0.340 e. The molecule has 168 valence electrons. The SMILES string of the molecule is CC(NC(=O)c1cc(S(=O)(=O)NC2CC2)c(Cl)cc1Cl)c1nc(-c2ccc(F)cc2)no1. The summed E-state index contributed by atoms with van der Waals surface area (Å²) in [6.07, 6.45) is 1.50. The Hall–Kier alpha value is -2.53. The molecule has 0 bridgehead atoms. The third kappa shape index (κ3) is 4.93. The Labute approximate surface area is 193 Å². The van der Waals surface area contributed by atoms with Crippen molar-refractivity contribution < 1.29 is 22.1 Å². The zero-order chi connectivity index (χ0) is 23.0. The highest BCUT2D eigenvalue weighted by Crippen LogP contribution is 2.31. The van der Waals surface area contributed by atoms with Gasteiger partial charge in [-0.25, -0.2) is 17.5 Å². The molecule has 1 aromatic heterocycles. The summed E-state index contributed by atoms with van der Waals surface area (Å²) in [5.41, 5.74) is 0.469. The summed E-state index contributed by atoms with van der Waals surface area (Å²) in [5.74, 6) is -0.716. The lowest BCUT2D eigenvalue weighted by Gasteiger charge is -2.13. The minimum absolute atomic E-state index is 0.0115. The first-order valence-electron chi connectivity index (χ1n) is 9.56. The van der Waals surface area contributed by atoms with Crippen LogP contribution in [0.2, 0.25) is 10.0 Å². The highest BCUT2D eigenvalue weighted by molar-refractivity contribution is 7.89. The Morgan fingerprint density at radius 2 is 1.88 bits per heavy atom. The Morgan fingerprint density at radius 1 is 1.19 bits per heavy atom. The van der Waals surface area contributed by atoms with E-state index in [0.29, 0.717) is 5.56 Å². The summed E-state index contributed by atoms with van der Waals surface area (Å²) in [6.45, 7) is 1.61. The van der Waals surface area contributed by atoms with Crippen LogP contribution in [-0.4, -0.2) is 30.5 Å². The van der Waals surface area contributed by atoms with Crippen LogP contribution < -0.4 is 10.0 Å². The van der Waals surface area contributed by atoms with Gasteiger partial charge in [0.15, 0.2) is 0 Å². The van der Waals surface area contributed by atoms with Crippen molar-refractivity contribution in [2.45, 2.75) is 36.7 Å². The fraction of sp³-hybridized carbons (Fsp3) is 0.250. The van der Waals surface area contributed by atoms with E-state index in [2.05, 4.69) is 20.2 Å². The molecule has 2 aromatic carbocycles. The number of aromatic nitrogens is 2. The smallest absolute Gasteiger partial charge is 0.253 e. The zero-order valence-electron chi connectivity index (χ0n) is 16.6. The number of halogens is 3. The van der Waals surface area contributed by atoms with Crippen molar-refractivity contribution in [1.29, 1.82) is 0 Å². The van der Waals surface area contributed by atoms with Crippen LogP contribution in [-0.2, 0) is 10.0 Å². The molecule has 1 unspecified atom stereocenters.